The molecule has 0 aliphatic heterocycles. The van der Waals surface area contributed by atoms with Crippen molar-refractivity contribution in [2.45, 2.75) is 24.9 Å². The van der Waals surface area contributed by atoms with Gasteiger partial charge in [0.15, 0.2) is 5.58 Å². The highest BCUT2D eigenvalue weighted by atomic mass is 19.1. The third-order valence-corrected chi connectivity index (χ3v) is 4.60. The number of aromatic nitrogens is 1. The predicted molar refractivity (Wildman–Crippen MR) is 84.3 cm³/mol. The maximum Gasteiger partial charge on any atom is 0.209 e. The summed E-state index contributed by atoms with van der Waals surface area (Å²) in [5, 5.41) is 13.3. The Bertz CT molecular complexity index is 861. The summed E-state index contributed by atoms with van der Waals surface area (Å²) in [5.74, 6) is 0.146. The lowest BCUT2D eigenvalue weighted by Crippen LogP contribution is -2.43. The average Bonchev–Trinajstić information content (AvgIpc) is 3.14. The number of aliphatic hydroxyl groups excluding tert-OH is 1. The number of nitrogens with one attached hydrogen (secondary N) is 1. The second kappa shape index (κ2) is 5.44. The molecular formula is C18H17FN2O2. The van der Waals surface area contributed by atoms with Crippen molar-refractivity contribution in [2.24, 2.45) is 0 Å². The van der Waals surface area contributed by atoms with E-state index in [0.717, 1.165) is 18.4 Å². The number of halogens is 1. The number of aryl methyl sites for hydroxylation is 1. The number of nitrogens with zero attached hydrogens (tertiary/aromatic N) is 1. The van der Waals surface area contributed by atoms with E-state index in [1.54, 1.807) is 6.07 Å². The van der Waals surface area contributed by atoms with Gasteiger partial charge >= 0.3 is 0 Å². The summed E-state index contributed by atoms with van der Waals surface area (Å²) in [5.41, 5.74) is 2.99. The molecule has 4 nitrogen and oxygen atoms in total. The van der Waals surface area contributed by atoms with Gasteiger partial charge in [-0.3, -0.25) is 5.32 Å². The molecule has 0 bridgehead atoms. The molecule has 0 amide bonds. The van der Waals surface area contributed by atoms with Crippen molar-refractivity contribution < 1.29 is 13.9 Å². The molecule has 1 aromatic heterocycles. The maximum atomic E-state index is 13.2. The molecule has 1 unspecified atom stereocenters. The summed E-state index contributed by atoms with van der Waals surface area (Å²) >= 11 is 0. The van der Waals surface area contributed by atoms with Gasteiger partial charge in [0.05, 0.1) is 18.7 Å². The number of aliphatic hydroxyl groups is 1. The number of fused-ring (bicyclic) bond motifs is 2. The quantitative estimate of drug-likeness (QED) is 0.778. The highest BCUT2D eigenvalue weighted by molar-refractivity contribution is 5.72. The van der Waals surface area contributed by atoms with Gasteiger partial charge in [0, 0.05) is 6.07 Å². The van der Waals surface area contributed by atoms with Crippen molar-refractivity contribution >= 4 is 11.1 Å². The molecule has 0 saturated heterocycles. The first-order valence-corrected chi connectivity index (χ1v) is 7.69. The van der Waals surface area contributed by atoms with E-state index in [0.29, 0.717) is 23.5 Å². The van der Waals surface area contributed by atoms with Crippen molar-refractivity contribution in [1.82, 2.24) is 10.3 Å². The van der Waals surface area contributed by atoms with E-state index < -0.39 is 5.54 Å². The van der Waals surface area contributed by atoms with Gasteiger partial charge in [-0.1, -0.05) is 24.3 Å². The molecule has 2 N–H and O–H groups in total. The van der Waals surface area contributed by atoms with E-state index in [1.165, 1.54) is 17.7 Å². The summed E-state index contributed by atoms with van der Waals surface area (Å²) < 4.78 is 18.8. The smallest absolute Gasteiger partial charge is 0.209 e. The van der Waals surface area contributed by atoms with Crippen molar-refractivity contribution in [1.29, 1.82) is 0 Å². The molecule has 2 aromatic carbocycles. The standard InChI is InChI=1S/C18H17FN2O2/c19-13-5-6-15-16(9-13)23-17(21-15)10-20-18(11-22)8-7-12-3-1-2-4-14(12)18/h1-6,9,20,22H,7-8,10-11H2. The summed E-state index contributed by atoms with van der Waals surface area (Å²) in [4.78, 5) is 4.36. The average molecular weight is 312 g/mol. The minimum absolute atomic E-state index is 0.0128. The second-order valence-corrected chi connectivity index (χ2v) is 5.97. The van der Waals surface area contributed by atoms with Gasteiger partial charge < -0.3 is 9.52 Å². The molecule has 1 atom stereocenters. The Hall–Kier alpha value is -2.24. The van der Waals surface area contributed by atoms with E-state index in [4.69, 9.17) is 4.42 Å². The Morgan fingerprint density at radius 1 is 1.26 bits per heavy atom. The zero-order chi connectivity index (χ0) is 15.9. The van der Waals surface area contributed by atoms with Crippen molar-refractivity contribution in [3.8, 4) is 0 Å². The first-order valence-electron chi connectivity index (χ1n) is 7.69. The van der Waals surface area contributed by atoms with Crippen molar-refractivity contribution in [3.05, 3.63) is 65.3 Å². The van der Waals surface area contributed by atoms with Crippen molar-refractivity contribution in [3.63, 3.8) is 0 Å². The fourth-order valence-corrected chi connectivity index (χ4v) is 3.36. The van der Waals surface area contributed by atoms with Crippen LogP contribution in [0.25, 0.3) is 11.1 Å². The highest BCUT2D eigenvalue weighted by Crippen LogP contribution is 2.36. The Labute approximate surface area is 133 Å². The lowest BCUT2D eigenvalue weighted by molar-refractivity contribution is 0.155. The Morgan fingerprint density at radius 2 is 2.13 bits per heavy atom. The van der Waals surface area contributed by atoms with Gasteiger partial charge in [0.25, 0.3) is 0 Å². The van der Waals surface area contributed by atoms with Crippen LogP contribution >= 0.6 is 0 Å². The van der Waals surface area contributed by atoms with E-state index in [2.05, 4.69) is 16.4 Å². The monoisotopic (exact) mass is 312 g/mol. The molecule has 1 aliphatic carbocycles. The maximum absolute atomic E-state index is 13.2. The van der Waals surface area contributed by atoms with Gasteiger partial charge in [-0.2, -0.15) is 0 Å². The Morgan fingerprint density at radius 3 is 3.00 bits per heavy atom. The molecule has 0 radical (unpaired) electrons. The van der Waals surface area contributed by atoms with Crippen LogP contribution in [-0.2, 0) is 18.5 Å². The van der Waals surface area contributed by atoms with Crippen LogP contribution in [0, 0.1) is 5.82 Å². The molecule has 3 aromatic rings. The molecule has 1 heterocycles. The number of benzene rings is 2. The largest absolute Gasteiger partial charge is 0.439 e. The third-order valence-electron chi connectivity index (χ3n) is 4.60. The summed E-state index contributed by atoms with van der Waals surface area (Å²) in [7, 11) is 0. The minimum atomic E-state index is -0.470. The van der Waals surface area contributed by atoms with E-state index >= 15 is 0 Å². The predicted octanol–water partition coefficient (Wildman–Crippen LogP) is 2.89. The van der Waals surface area contributed by atoms with Crippen LogP contribution in [0.3, 0.4) is 0 Å². The zero-order valence-electron chi connectivity index (χ0n) is 12.6. The molecule has 4 rings (SSSR count). The van der Waals surface area contributed by atoms with Gasteiger partial charge in [0.2, 0.25) is 5.89 Å². The van der Waals surface area contributed by atoms with E-state index in [1.807, 2.05) is 18.2 Å². The molecule has 0 spiro atoms. The Balaban J connectivity index is 1.59. The second-order valence-electron chi connectivity index (χ2n) is 5.97. The molecule has 1 aliphatic rings. The zero-order valence-corrected chi connectivity index (χ0v) is 12.6. The van der Waals surface area contributed by atoms with Crippen LogP contribution in [0.15, 0.2) is 46.9 Å². The highest BCUT2D eigenvalue weighted by Gasteiger charge is 2.37. The topological polar surface area (TPSA) is 58.3 Å². The SMILES string of the molecule is OCC1(NCc2nc3ccc(F)cc3o2)CCc2ccccc21. The Kier molecular flexibility index (Phi) is 3.39. The van der Waals surface area contributed by atoms with Crippen LogP contribution in [0.4, 0.5) is 4.39 Å². The summed E-state index contributed by atoms with van der Waals surface area (Å²) in [6, 6.07) is 12.4. The fraction of sp³-hybridized carbons (Fsp3) is 0.278. The minimum Gasteiger partial charge on any atom is -0.439 e. The molecule has 5 heteroatoms. The van der Waals surface area contributed by atoms with Crippen LogP contribution in [0.2, 0.25) is 0 Å². The van der Waals surface area contributed by atoms with E-state index in [9.17, 15) is 9.50 Å². The lowest BCUT2D eigenvalue weighted by atomic mass is 9.92. The van der Waals surface area contributed by atoms with Crippen LogP contribution in [0.1, 0.15) is 23.4 Å². The normalized spacial score (nSPS) is 20.1. The first-order chi connectivity index (χ1) is 11.2. The van der Waals surface area contributed by atoms with E-state index in [-0.39, 0.29) is 12.4 Å². The summed E-state index contributed by atoms with van der Waals surface area (Å²) in [6.45, 7) is 0.393. The van der Waals surface area contributed by atoms with Gasteiger partial charge in [-0.15, -0.1) is 0 Å². The number of oxazole rings is 1. The van der Waals surface area contributed by atoms with Crippen LogP contribution in [-0.4, -0.2) is 16.7 Å². The van der Waals surface area contributed by atoms with Crippen LogP contribution in [0.5, 0.6) is 0 Å². The molecule has 0 fully saturated rings. The number of hydrogen-bond donors (Lipinski definition) is 2. The van der Waals surface area contributed by atoms with Gasteiger partial charge in [0.1, 0.15) is 11.3 Å². The lowest BCUT2D eigenvalue weighted by Gasteiger charge is -2.29. The van der Waals surface area contributed by atoms with Crippen LogP contribution < -0.4 is 5.32 Å². The molecular weight excluding hydrogens is 295 g/mol. The van der Waals surface area contributed by atoms with Gasteiger partial charge in [-0.25, -0.2) is 9.37 Å². The molecule has 118 valence electrons. The molecule has 0 saturated carbocycles. The first kappa shape index (κ1) is 14.4. The fourth-order valence-electron chi connectivity index (χ4n) is 3.36. The molecule has 23 heavy (non-hydrogen) atoms. The number of hydrogen-bond acceptors (Lipinski definition) is 4. The number of rotatable bonds is 4. The van der Waals surface area contributed by atoms with Gasteiger partial charge in [-0.05, 0) is 36.1 Å². The third kappa shape index (κ3) is 2.42. The van der Waals surface area contributed by atoms with Crippen molar-refractivity contribution in [2.75, 3.05) is 6.61 Å². The summed E-state index contributed by atoms with van der Waals surface area (Å²) in [6.07, 6.45) is 1.76.